The van der Waals surface area contributed by atoms with Gasteiger partial charge in [0.25, 0.3) is 0 Å². The Morgan fingerprint density at radius 2 is 1.69 bits per heavy atom. The molecule has 4 aromatic rings. The molecule has 4 heterocycles. The predicted molar refractivity (Wildman–Crippen MR) is 125 cm³/mol. The molecule has 0 bridgehead atoms. The molecule has 0 spiro atoms. The van der Waals surface area contributed by atoms with E-state index in [2.05, 4.69) is 20.1 Å². The molecule has 0 saturated carbocycles. The minimum Gasteiger partial charge on any atom is -0.474 e. The Balaban J connectivity index is 1.28. The first kappa shape index (κ1) is 24.0. The van der Waals surface area contributed by atoms with Gasteiger partial charge in [0, 0.05) is 38.4 Å². The normalized spacial score (nSPS) is 15.4. The van der Waals surface area contributed by atoms with Crippen molar-refractivity contribution >= 4 is 26.7 Å². The van der Waals surface area contributed by atoms with Crippen molar-refractivity contribution in [2.45, 2.75) is 30.0 Å². The number of ether oxygens (including phenoxy) is 1. The Kier molecular flexibility index (Phi) is 6.02. The van der Waals surface area contributed by atoms with Crippen LogP contribution in [0.4, 0.5) is 19.0 Å². The molecule has 3 aromatic heterocycles. The highest BCUT2D eigenvalue weighted by atomic mass is 32.2. The molecule has 0 aliphatic carbocycles. The molecular weight excluding hydrogens is 497 g/mol. The SMILES string of the molecule is CS(=O)(=O)c1ccc(-n2ncc3c(OC4CCN(c5ccc(C(F)(F)F)cn5)CC4)ncnc32)cc1. The van der Waals surface area contributed by atoms with Crippen LogP contribution in [0.2, 0.25) is 0 Å². The number of benzene rings is 1. The van der Waals surface area contributed by atoms with E-state index in [1.54, 1.807) is 23.0 Å². The number of pyridine rings is 1. The van der Waals surface area contributed by atoms with Gasteiger partial charge in [0.1, 0.15) is 23.6 Å². The van der Waals surface area contributed by atoms with Crippen LogP contribution in [0.5, 0.6) is 5.88 Å². The van der Waals surface area contributed by atoms with Gasteiger partial charge >= 0.3 is 6.18 Å². The Hall–Kier alpha value is -3.74. The molecule has 9 nitrogen and oxygen atoms in total. The van der Waals surface area contributed by atoms with Gasteiger partial charge in [0.2, 0.25) is 5.88 Å². The molecule has 1 saturated heterocycles. The Morgan fingerprint density at radius 1 is 0.972 bits per heavy atom. The fraction of sp³-hybridized carbons (Fsp3) is 0.304. The monoisotopic (exact) mass is 518 g/mol. The van der Waals surface area contributed by atoms with E-state index in [0.717, 1.165) is 18.5 Å². The van der Waals surface area contributed by atoms with Gasteiger partial charge in [0.15, 0.2) is 15.5 Å². The third-order valence-electron chi connectivity index (χ3n) is 5.96. The van der Waals surface area contributed by atoms with E-state index in [1.807, 2.05) is 4.90 Å². The molecule has 1 aliphatic rings. The molecule has 0 N–H and O–H groups in total. The third kappa shape index (κ3) is 4.83. The average molecular weight is 519 g/mol. The van der Waals surface area contributed by atoms with Crippen LogP contribution in [0.1, 0.15) is 18.4 Å². The first-order chi connectivity index (χ1) is 17.1. The topological polar surface area (TPSA) is 103 Å². The first-order valence-electron chi connectivity index (χ1n) is 11.0. The highest BCUT2D eigenvalue weighted by molar-refractivity contribution is 7.90. The molecule has 0 unspecified atom stereocenters. The molecule has 5 rings (SSSR count). The minimum atomic E-state index is -4.41. The summed E-state index contributed by atoms with van der Waals surface area (Å²) in [6.45, 7) is 1.15. The van der Waals surface area contributed by atoms with Crippen LogP contribution in [0.15, 0.2) is 60.0 Å². The van der Waals surface area contributed by atoms with Crippen molar-refractivity contribution in [2.24, 2.45) is 0 Å². The molecule has 0 atom stereocenters. The summed E-state index contributed by atoms with van der Waals surface area (Å²) in [4.78, 5) is 14.7. The molecule has 13 heteroatoms. The van der Waals surface area contributed by atoms with E-state index in [1.165, 1.54) is 24.5 Å². The maximum absolute atomic E-state index is 12.8. The summed E-state index contributed by atoms with van der Waals surface area (Å²) in [7, 11) is -3.31. The van der Waals surface area contributed by atoms with E-state index in [-0.39, 0.29) is 11.0 Å². The van der Waals surface area contributed by atoms with Crippen LogP contribution in [-0.2, 0) is 16.0 Å². The number of hydrogen-bond donors (Lipinski definition) is 0. The van der Waals surface area contributed by atoms with E-state index in [4.69, 9.17) is 4.74 Å². The van der Waals surface area contributed by atoms with Gasteiger partial charge in [-0.1, -0.05) is 0 Å². The van der Waals surface area contributed by atoms with Crippen LogP contribution in [0.3, 0.4) is 0 Å². The maximum atomic E-state index is 12.8. The predicted octanol–water partition coefficient (Wildman–Crippen LogP) is 3.68. The van der Waals surface area contributed by atoms with Crippen molar-refractivity contribution < 1.29 is 26.3 Å². The number of halogens is 3. The lowest BCUT2D eigenvalue weighted by Crippen LogP contribution is -2.38. The Labute approximate surface area is 204 Å². The van der Waals surface area contributed by atoms with Crippen LogP contribution < -0.4 is 9.64 Å². The number of piperidine rings is 1. The highest BCUT2D eigenvalue weighted by Gasteiger charge is 2.31. The zero-order valence-corrected chi connectivity index (χ0v) is 19.9. The average Bonchev–Trinajstić information content (AvgIpc) is 3.29. The maximum Gasteiger partial charge on any atom is 0.417 e. The summed E-state index contributed by atoms with van der Waals surface area (Å²) in [5, 5.41) is 4.98. The molecule has 0 amide bonds. The summed E-state index contributed by atoms with van der Waals surface area (Å²) in [6.07, 6.45) is 1.67. The van der Waals surface area contributed by atoms with E-state index in [0.29, 0.717) is 54.3 Å². The van der Waals surface area contributed by atoms with Crippen molar-refractivity contribution in [3.05, 3.63) is 60.7 Å². The van der Waals surface area contributed by atoms with Gasteiger partial charge in [-0.15, -0.1) is 0 Å². The highest BCUT2D eigenvalue weighted by Crippen LogP contribution is 2.31. The number of sulfone groups is 1. The summed E-state index contributed by atoms with van der Waals surface area (Å²) in [5.41, 5.74) is 0.377. The second kappa shape index (κ2) is 9.04. The zero-order chi connectivity index (χ0) is 25.5. The number of rotatable bonds is 5. The van der Waals surface area contributed by atoms with Crippen LogP contribution in [-0.4, -0.2) is 58.6 Å². The second-order valence-corrected chi connectivity index (χ2v) is 10.5. The van der Waals surface area contributed by atoms with E-state index >= 15 is 0 Å². The molecule has 36 heavy (non-hydrogen) atoms. The van der Waals surface area contributed by atoms with Gasteiger partial charge in [0.05, 0.1) is 22.3 Å². The van der Waals surface area contributed by atoms with Crippen LogP contribution >= 0.6 is 0 Å². The number of aromatic nitrogens is 5. The fourth-order valence-corrected chi connectivity index (χ4v) is 4.67. The standard InChI is InChI=1S/C23H21F3N6O3S/c1-36(33,34)18-5-3-16(4-6-18)32-21-19(13-30-32)22(29-14-28-21)35-17-8-10-31(11-9-17)20-7-2-15(12-27-20)23(24,25)26/h2-7,12-14,17H,8-11H2,1H3. The number of hydrogen-bond acceptors (Lipinski definition) is 8. The van der Waals surface area contributed by atoms with Crippen molar-refractivity contribution in [2.75, 3.05) is 24.2 Å². The summed E-state index contributed by atoms with van der Waals surface area (Å²) < 4.78 is 69.5. The lowest BCUT2D eigenvalue weighted by Gasteiger charge is -2.32. The van der Waals surface area contributed by atoms with E-state index < -0.39 is 21.6 Å². The van der Waals surface area contributed by atoms with Crippen molar-refractivity contribution in [3.8, 4) is 11.6 Å². The Morgan fingerprint density at radius 3 is 2.31 bits per heavy atom. The van der Waals surface area contributed by atoms with Crippen molar-refractivity contribution in [3.63, 3.8) is 0 Å². The number of alkyl halides is 3. The number of fused-ring (bicyclic) bond motifs is 1. The van der Waals surface area contributed by atoms with E-state index in [9.17, 15) is 21.6 Å². The van der Waals surface area contributed by atoms with Crippen molar-refractivity contribution in [1.82, 2.24) is 24.7 Å². The van der Waals surface area contributed by atoms with Crippen LogP contribution in [0, 0.1) is 0 Å². The lowest BCUT2D eigenvalue weighted by atomic mass is 10.1. The fourth-order valence-electron chi connectivity index (χ4n) is 4.04. The summed E-state index contributed by atoms with van der Waals surface area (Å²) in [5.74, 6) is 0.874. The molecule has 1 aromatic carbocycles. The first-order valence-corrected chi connectivity index (χ1v) is 12.9. The smallest absolute Gasteiger partial charge is 0.417 e. The third-order valence-corrected chi connectivity index (χ3v) is 7.09. The van der Waals surface area contributed by atoms with Crippen LogP contribution in [0.25, 0.3) is 16.7 Å². The zero-order valence-electron chi connectivity index (χ0n) is 19.1. The molecule has 188 valence electrons. The van der Waals surface area contributed by atoms with Gasteiger partial charge in [-0.3, -0.25) is 0 Å². The van der Waals surface area contributed by atoms with Gasteiger partial charge in [-0.25, -0.2) is 28.1 Å². The summed E-state index contributed by atoms with van der Waals surface area (Å²) >= 11 is 0. The quantitative estimate of drug-likeness (QED) is 0.394. The molecule has 1 fully saturated rings. The van der Waals surface area contributed by atoms with Gasteiger partial charge < -0.3 is 9.64 Å². The number of nitrogens with zero attached hydrogens (tertiary/aromatic N) is 6. The molecular formula is C23H21F3N6O3S. The lowest BCUT2D eigenvalue weighted by molar-refractivity contribution is -0.137. The van der Waals surface area contributed by atoms with Gasteiger partial charge in [-0.05, 0) is 36.4 Å². The van der Waals surface area contributed by atoms with Gasteiger partial charge in [-0.2, -0.15) is 18.3 Å². The minimum absolute atomic E-state index is 0.147. The van der Waals surface area contributed by atoms with Crippen molar-refractivity contribution in [1.29, 1.82) is 0 Å². The largest absolute Gasteiger partial charge is 0.474 e. The molecule has 0 radical (unpaired) electrons. The summed E-state index contributed by atoms with van der Waals surface area (Å²) in [6, 6.07) is 8.74. The molecule has 1 aliphatic heterocycles. The second-order valence-electron chi connectivity index (χ2n) is 8.45. The Bertz CT molecular complexity index is 1480. The number of anilines is 1.